The maximum absolute atomic E-state index is 9.43. The van der Waals surface area contributed by atoms with Gasteiger partial charge >= 0.3 is 0 Å². The number of phenols is 1. The van der Waals surface area contributed by atoms with Crippen molar-refractivity contribution in [1.82, 2.24) is 0 Å². The van der Waals surface area contributed by atoms with Gasteiger partial charge in [-0.2, -0.15) is 5.26 Å². The molecule has 0 fully saturated rings. The van der Waals surface area contributed by atoms with Crippen molar-refractivity contribution in [3.63, 3.8) is 0 Å². The Morgan fingerprint density at radius 1 is 1.38 bits per heavy atom. The number of aromatic hydroxyl groups is 1. The van der Waals surface area contributed by atoms with Crippen LogP contribution in [0.3, 0.4) is 0 Å². The van der Waals surface area contributed by atoms with Crippen molar-refractivity contribution in [2.24, 2.45) is 0 Å². The molecule has 0 spiro atoms. The van der Waals surface area contributed by atoms with E-state index < -0.39 is 0 Å². The van der Waals surface area contributed by atoms with E-state index in [9.17, 15) is 5.11 Å². The maximum atomic E-state index is 9.43. The zero-order chi connectivity index (χ0) is 10.0. The minimum atomic E-state index is -0.0255. The highest BCUT2D eigenvalue weighted by Gasteiger charge is 2.11. The fourth-order valence-corrected chi connectivity index (χ4v) is 1.22. The number of nitrogens with zero attached hydrogens (tertiary/aromatic N) is 1. The predicted molar refractivity (Wildman–Crippen MR) is 48.8 cm³/mol. The minimum absolute atomic E-state index is 0.0255. The van der Waals surface area contributed by atoms with E-state index in [-0.39, 0.29) is 5.75 Å². The molecule has 1 aromatic carbocycles. The molecule has 0 bridgehead atoms. The Labute approximate surface area is 77.2 Å². The van der Waals surface area contributed by atoms with Crippen molar-refractivity contribution in [2.75, 3.05) is 7.11 Å². The first-order chi connectivity index (χ1) is 6.11. The molecule has 0 amide bonds. The van der Waals surface area contributed by atoms with E-state index in [1.807, 2.05) is 13.0 Å². The summed E-state index contributed by atoms with van der Waals surface area (Å²) in [4.78, 5) is 0. The topological polar surface area (TPSA) is 53.2 Å². The van der Waals surface area contributed by atoms with Crippen LogP contribution in [-0.4, -0.2) is 12.2 Å². The fourth-order valence-electron chi connectivity index (χ4n) is 1.22. The molecule has 0 unspecified atom stereocenters. The van der Waals surface area contributed by atoms with Crippen molar-refractivity contribution >= 4 is 0 Å². The van der Waals surface area contributed by atoms with Crippen molar-refractivity contribution in [1.29, 1.82) is 5.26 Å². The van der Waals surface area contributed by atoms with Crippen LogP contribution in [0.15, 0.2) is 6.07 Å². The van der Waals surface area contributed by atoms with Gasteiger partial charge in [0.15, 0.2) is 0 Å². The third-order valence-electron chi connectivity index (χ3n) is 2.16. The van der Waals surface area contributed by atoms with Crippen LogP contribution >= 0.6 is 0 Å². The van der Waals surface area contributed by atoms with Crippen LogP contribution < -0.4 is 4.74 Å². The molecule has 0 saturated heterocycles. The average Bonchev–Trinajstić information content (AvgIpc) is 2.12. The zero-order valence-corrected chi connectivity index (χ0v) is 7.88. The first-order valence-corrected chi connectivity index (χ1v) is 3.89. The Balaban J connectivity index is 3.48. The lowest BCUT2D eigenvalue weighted by Crippen LogP contribution is -1.93. The lowest BCUT2D eigenvalue weighted by atomic mass is 10.0. The van der Waals surface area contributed by atoms with Crippen molar-refractivity contribution in [3.05, 3.63) is 22.8 Å². The van der Waals surface area contributed by atoms with Gasteiger partial charge in [-0.3, -0.25) is 0 Å². The normalized spacial score (nSPS) is 9.38. The summed E-state index contributed by atoms with van der Waals surface area (Å²) >= 11 is 0. The molecule has 1 N–H and O–H groups in total. The molecular formula is C10H11NO2. The summed E-state index contributed by atoms with van der Waals surface area (Å²) in [6.45, 7) is 3.64. The summed E-state index contributed by atoms with van der Waals surface area (Å²) in [7, 11) is 1.53. The van der Waals surface area contributed by atoms with Crippen LogP contribution in [0.1, 0.15) is 16.7 Å². The number of ether oxygens (including phenoxy) is 1. The summed E-state index contributed by atoms with van der Waals surface area (Å²) in [5.74, 6) is 0.580. The molecule has 0 aliphatic carbocycles. The zero-order valence-electron chi connectivity index (χ0n) is 7.88. The van der Waals surface area contributed by atoms with Crippen LogP contribution in [0.4, 0.5) is 0 Å². The minimum Gasteiger partial charge on any atom is -0.506 e. The summed E-state index contributed by atoms with van der Waals surface area (Å²) < 4.78 is 5.04. The van der Waals surface area contributed by atoms with Crippen LogP contribution in [-0.2, 0) is 0 Å². The maximum Gasteiger partial charge on any atom is 0.137 e. The van der Waals surface area contributed by atoms with Gasteiger partial charge in [-0.1, -0.05) is 0 Å². The average molecular weight is 177 g/mol. The number of nitriles is 1. The predicted octanol–water partition coefficient (Wildman–Crippen LogP) is 1.89. The van der Waals surface area contributed by atoms with Crippen LogP contribution in [0, 0.1) is 25.2 Å². The molecule has 68 valence electrons. The van der Waals surface area contributed by atoms with E-state index in [0.717, 1.165) is 11.1 Å². The van der Waals surface area contributed by atoms with E-state index in [1.165, 1.54) is 13.2 Å². The molecule has 13 heavy (non-hydrogen) atoms. The van der Waals surface area contributed by atoms with Crippen molar-refractivity contribution in [3.8, 4) is 17.6 Å². The molecule has 0 heterocycles. The third-order valence-corrected chi connectivity index (χ3v) is 2.16. The SMILES string of the molecule is COc1cc(O)c(C#N)c(C)c1C. The Hall–Kier alpha value is -1.69. The van der Waals surface area contributed by atoms with Crippen molar-refractivity contribution < 1.29 is 9.84 Å². The summed E-state index contributed by atoms with van der Waals surface area (Å²) in [6.07, 6.45) is 0. The molecule has 3 nitrogen and oxygen atoms in total. The Kier molecular flexibility index (Phi) is 2.43. The molecule has 1 rings (SSSR count). The van der Waals surface area contributed by atoms with Crippen LogP contribution in [0.5, 0.6) is 11.5 Å². The smallest absolute Gasteiger partial charge is 0.137 e. The largest absolute Gasteiger partial charge is 0.506 e. The van der Waals surface area contributed by atoms with Crippen molar-refractivity contribution in [2.45, 2.75) is 13.8 Å². The van der Waals surface area contributed by atoms with Gasteiger partial charge in [0.2, 0.25) is 0 Å². The highest BCUT2D eigenvalue weighted by Crippen LogP contribution is 2.30. The summed E-state index contributed by atoms with van der Waals surface area (Å²) in [6, 6.07) is 3.41. The van der Waals surface area contributed by atoms with Gasteiger partial charge in [-0.25, -0.2) is 0 Å². The summed E-state index contributed by atoms with van der Waals surface area (Å²) in [5.41, 5.74) is 1.97. The van der Waals surface area contributed by atoms with E-state index in [0.29, 0.717) is 11.3 Å². The Morgan fingerprint density at radius 2 is 2.00 bits per heavy atom. The van der Waals surface area contributed by atoms with E-state index in [2.05, 4.69) is 0 Å². The highest BCUT2D eigenvalue weighted by atomic mass is 16.5. The van der Waals surface area contributed by atoms with Gasteiger partial charge in [-0.15, -0.1) is 0 Å². The van der Waals surface area contributed by atoms with Gasteiger partial charge in [-0.05, 0) is 25.0 Å². The first-order valence-electron chi connectivity index (χ1n) is 3.89. The lowest BCUT2D eigenvalue weighted by molar-refractivity contribution is 0.403. The molecule has 0 radical (unpaired) electrons. The number of benzene rings is 1. The number of phenolic OH excluding ortho intramolecular Hbond substituents is 1. The standard InChI is InChI=1S/C10H11NO2/c1-6-7(2)10(13-3)4-9(12)8(6)5-11/h4,12H,1-3H3. The second-order valence-electron chi connectivity index (χ2n) is 2.83. The fraction of sp³-hybridized carbons (Fsp3) is 0.300. The highest BCUT2D eigenvalue weighted by molar-refractivity contribution is 5.56. The molecule has 0 aromatic heterocycles. The molecule has 1 aromatic rings. The van der Waals surface area contributed by atoms with Gasteiger partial charge in [0.05, 0.1) is 12.7 Å². The summed E-state index contributed by atoms with van der Waals surface area (Å²) in [5, 5.41) is 18.2. The molecule has 0 saturated carbocycles. The molecular weight excluding hydrogens is 166 g/mol. The Morgan fingerprint density at radius 3 is 2.46 bits per heavy atom. The van der Waals surface area contributed by atoms with E-state index >= 15 is 0 Å². The first kappa shape index (κ1) is 9.40. The monoisotopic (exact) mass is 177 g/mol. The van der Waals surface area contributed by atoms with E-state index in [4.69, 9.17) is 10.00 Å². The number of rotatable bonds is 1. The molecule has 0 aliphatic rings. The second kappa shape index (κ2) is 3.36. The van der Waals surface area contributed by atoms with Crippen LogP contribution in [0.25, 0.3) is 0 Å². The number of hydrogen-bond donors (Lipinski definition) is 1. The van der Waals surface area contributed by atoms with Gasteiger partial charge < -0.3 is 9.84 Å². The molecule has 0 aliphatic heterocycles. The van der Waals surface area contributed by atoms with E-state index in [1.54, 1.807) is 6.92 Å². The molecule has 0 atom stereocenters. The van der Waals surface area contributed by atoms with Gasteiger partial charge in [0.25, 0.3) is 0 Å². The van der Waals surface area contributed by atoms with Crippen LogP contribution in [0.2, 0.25) is 0 Å². The molecule has 3 heteroatoms. The second-order valence-corrected chi connectivity index (χ2v) is 2.83. The lowest BCUT2D eigenvalue weighted by Gasteiger charge is -2.09. The number of hydrogen-bond acceptors (Lipinski definition) is 3. The van der Waals surface area contributed by atoms with Gasteiger partial charge in [0, 0.05) is 6.07 Å². The number of methoxy groups -OCH3 is 1. The third kappa shape index (κ3) is 1.43. The quantitative estimate of drug-likeness (QED) is 0.712. The van der Waals surface area contributed by atoms with Gasteiger partial charge in [0.1, 0.15) is 17.6 Å². The Bertz CT molecular complexity index is 377.